The van der Waals surface area contributed by atoms with E-state index in [1.165, 1.54) is 0 Å². The molecule has 0 saturated heterocycles. The molecule has 0 atom stereocenters. The quantitative estimate of drug-likeness (QED) is 0.325. The van der Waals surface area contributed by atoms with Crippen LogP contribution in [0.2, 0.25) is 0 Å². The van der Waals surface area contributed by atoms with E-state index >= 15 is 0 Å². The van der Waals surface area contributed by atoms with Gasteiger partial charge in [-0.25, -0.2) is 0 Å². The highest BCUT2D eigenvalue weighted by Crippen LogP contribution is 2.03. The molecule has 0 saturated carbocycles. The predicted molar refractivity (Wildman–Crippen MR) is 86.2 cm³/mol. The van der Waals surface area contributed by atoms with Crippen molar-refractivity contribution in [2.75, 3.05) is 68.6 Å². The number of quaternary nitrogens is 2. The van der Waals surface area contributed by atoms with Crippen LogP contribution in [0.5, 0.6) is 0 Å². The molecule has 0 radical (unpaired) electrons. The smallest absolute Gasteiger partial charge is 0.305 e. The summed E-state index contributed by atoms with van der Waals surface area (Å²) in [6.07, 6.45) is 2.05. The van der Waals surface area contributed by atoms with Crippen LogP contribution in [0.4, 0.5) is 0 Å². The molecule has 0 unspecified atom stereocenters. The summed E-state index contributed by atoms with van der Waals surface area (Å²) in [4.78, 5) is 23.0. The normalized spacial score (nSPS) is 12.1. The Morgan fingerprint density at radius 3 is 1.27 bits per heavy atom. The lowest BCUT2D eigenvalue weighted by atomic mass is 10.2. The van der Waals surface area contributed by atoms with Gasteiger partial charge in [0.2, 0.25) is 0 Å². The number of carbonyl (C=O) groups is 2. The Hall–Kier alpha value is -1.14. The molecular weight excluding hydrogens is 284 g/mol. The summed E-state index contributed by atoms with van der Waals surface area (Å²) in [7, 11) is 12.3. The molecule has 0 aromatic heterocycles. The molecule has 0 N–H and O–H groups in total. The zero-order valence-corrected chi connectivity index (χ0v) is 15.2. The Kier molecular flexibility index (Phi) is 9.28. The highest BCUT2D eigenvalue weighted by molar-refractivity contribution is 5.70. The highest BCUT2D eigenvalue weighted by Gasteiger charge is 2.11. The number of unbranched alkanes of at least 4 members (excludes halogenated alkanes) is 1. The molecule has 0 aromatic carbocycles. The lowest BCUT2D eigenvalue weighted by Gasteiger charge is -2.23. The van der Waals surface area contributed by atoms with Gasteiger partial charge < -0.3 is 18.4 Å². The number of esters is 2. The van der Waals surface area contributed by atoms with Gasteiger partial charge in [0.15, 0.2) is 0 Å². The van der Waals surface area contributed by atoms with Crippen LogP contribution in [-0.4, -0.2) is 89.5 Å². The average Bonchev–Trinajstić information content (AvgIpc) is 2.31. The molecule has 0 heterocycles. The third kappa shape index (κ3) is 15.3. The number of ether oxygens (including phenoxy) is 2. The summed E-state index contributed by atoms with van der Waals surface area (Å²) in [5.74, 6) is -0.376. The van der Waals surface area contributed by atoms with Crippen LogP contribution in [0.15, 0.2) is 0 Å². The maximum atomic E-state index is 11.5. The van der Waals surface area contributed by atoms with E-state index in [1.807, 2.05) is 0 Å². The minimum absolute atomic E-state index is 0.188. The standard InChI is InChI=1S/C16H34N2O4/c1-17(2,3)11-13-21-15(19)9-7-8-10-16(20)22-14-12-18(4,5)6/h7-14H2,1-6H3/q+2. The highest BCUT2D eigenvalue weighted by atomic mass is 16.5. The van der Waals surface area contributed by atoms with E-state index in [2.05, 4.69) is 42.3 Å². The lowest BCUT2D eigenvalue weighted by Crippen LogP contribution is -2.38. The van der Waals surface area contributed by atoms with Crippen LogP contribution in [0, 0.1) is 0 Å². The summed E-state index contributed by atoms with van der Waals surface area (Å²) in [5.41, 5.74) is 0. The molecule has 0 amide bonds. The summed E-state index contributed by atoms with van der Waals surface area (Å²) in [6, 6.07) is 0. The van der Waals surface area contributed by atoms with Crippen molar-refractivity contribution in [2.24, 2.45) is 0 Å². The van der Waals surface area contributed by atoms with Crippen LogP contribution in [0.25, 0.3) is 0 Å². The van der Waals surface area contributed by atoms with Crippen LogP contribution < -0.4 is 0 Å². The zero-order valence-electron chi connectivity index (χ0n) is 15.2. The number of hydrogen-bond donors (Lipinski definition) is 0. The van der Waals surface area contributed by atoms with E-state index in [9.17, 15) is 9.59 Å². The Labute approximate surface area is 135 Å². The Morgan fingerprint density at radius 1 is 0.682 bits per heavy atom. The SMILES string of the molecule is C[N+](C)(C)CCOC(=O)CCCCC(=O)OCC[N+](C)(C)C. The van der Waals surface area contributed by atoms with Gasteiger partial charge in [-0.1, -0.05) is 0 Å². The minimum atomic E-state index is -0.188. The summed E-state index contributed by atoms with van der Waals surface area (Å²) < 4.78 is 11.8. The molecule has 0 aromatic rings. The molecule has 22 heavy (non-hydrogen) atoms. The van der Waals surface area contributed by atoms with Crippen LogP contribution >= 0.6 is 0 Å². The number of likely N-dealkylation sites (N-methyl/N-ethyl adjacent to an activating group) is 2. The van der Waals surface area contributed by atoms with Gasteiger partial charge in [0.25, 0.3) is 0 Å². The second-order valence-corrected chi connectivity index (χ2v) is 7.68. The van der Waals surface area contributed by atoms with Crippen molar-refractivity contribution in [1.29, 1.82) is 0 Å². The fraction of sp³-hybridized carbons (Fsp3) is 0.875. The van der Waals surface area contributed by atoms with Gasteiger partial charge in [-0.2, -0.15) is 0 Å². The molecule has 0 spiro atoms. The molecule has 130 valence electrons. The average molecular weight is 318 g/mol. The first-order chi connectivity index (χ1) is 9.99. The van der Waals surface area contributed by atoms with Crippen molar-refractivity contribution >= 4 is 11.9 Å². The second-order valence-electron chi connectivity index (χ2n) is 7.68. The number of nitrogens with zero attached hydrogens (tertiary/aromatic N) is 2. The third-order valence-corrected chi connectivity index (χ3v) is 3.06. The van der Waals surface area contributed by atoms with Gasteiger partial charge in [0.1, 0.15) is 26.3 Å². The summed E-state index contributed by atoms with van der Waals surface area (Å²) in [6.45, 7) is 2.47. The third-order valence-electron chi connectivity index (χ3n) is 3.06. The molecule has 6 nitrogen and oxygen atoms in total. The maximum Gasteiger partial charge on any atom is 0.305 e. The zero-order chi connectivity index (χ0) is 17.2. The van der Waals surface area contributed by atoms with Gasteiger partial charge in [-0.15, -0.1) is 0 Å². The van der Waals surface area contributed by atoms with Gasteiger partial charge in [0, 0.05) is 12.8 Å². The lowest BCUT2D eigenvalue weighted by molar-refractivity contribution is -0.870. The molecule has 6 heteroatoms. The van der Waals surface area contributed by atoms with Gasteiger partial charge >= 0.3 is 11.9 Å². The monoisotopic (exact) mass is 318 g/mol. The number of rotatable bonds is 11. The Bertz CT molecular complexity index is 309. The molecule has 0 bridgehead atoms. The first-order valence-electron chi connectivity index (χ1n) is 7.92. The largest absolute Gasteiger partial charge is 0.460 e. The van der Waals surface area contributed by atoms with Gasteiger partial charge in [0.05, 0.1) is 42.3 Å². The first-order valence-corrected chi connectivity index (χ1v) is 7.92. The number of carbonyl (C=O) groups excluding carboxylic acids is 2. The molecule has 0 aliphatic carbocycles. The fourth-order valence-electron chi connectivity index (χ4n) is 1.55. The number of hydrogen-bond acceptors (Lipinski definition) is 4. The van der Waals surface area contributed by atoms with Crippen molar-refractivity contribution < 1.29 is 28.0 Å². The molecular formula is C16H34N2O4+2. The van der Waals surface area contributed by atoms with Crippen molar-refractivity contribution in [3.63, 3.8) is 0 Å². The van der Waals surface area contributed by atoms with Crippen molar-refractivity contribution in [2.45, 2.75) is 25.7 Å². The first kappa shape index (κ1) is 20.9. The minimum Gasteiger partial charge on any atom is -0.460 e. The van der Waals surface area contributed by atoms with Crippen molar-refractivity contribution in [1.82, 2.24) is 0 Å². The molecule has 0 fully saturated rings. The second kappa shape index (κ2) is 9.79. The van der Waals surface area contributed by atoms with E-state index in [0.717, 1.165) is 22.1 Å². The topological polar surface area (TPSA) is 52.6 Å². The van der Waals surface area contributed by atoms with Gasteiger partial charge in [-0.3, -0.25) is 9.59 Å². The fourth-order valence-corrected chi connectivity index (χ4v) is 1.55. The van der Waals surface area contributed by atoms with E-state index in [4.69, 9.17) is 9.47 Å². The Morgan fingerprint density at radius 2 is 1.00 bits per heavy atom. The van der Waals surface area contributed by atoms with E-state index < -0.39 is 0 Å². The maximum absolute atomic E-state index is 11.5. The van der Waals surface area contributed by atoms with E-state index in [0.29, 0.717) is 38.9 Å². The van der Waals surface area contributed by atoms with Gasteiger partial charge in [-0.05, 0) is 12.8 Å². The van der Waals surface area contributed by atoms with E-state index in [-0.39, 0.29) is 11.9 Å². The molecule has 0 aliphatic rings. The van der Waals surface area contributed by atoms with Crippen LogP contribution in [0.1, 0.15) is 25.7 Å². The van der Waals surface area contributed by atoms with Crippen molar-refractivity contribution in [3.05, 3.63) is 0 Å². The summed E-state index contributed by atoms with van der Waals surface area (Å²) in [5, 5.41) is 0. The predicted octanol–water partition coefficient (Wildman–Crippen LogP) is 1.05. The summed E-state index contributed by atoms with van der Waals surface area (Å²) >= 11 is 0. The van der Waals surface area contributed by atoms with Crippen LogP contribution in [-0.2, 0) is 19.1 Å². The van der Waals surface area contributed by atoms with E-state index in [1.54, 1.807) is 0 Å². The van der Waals surface area contributed by atoms with Crippen molar-refractivity contribution in [3.8, 4) is 0 Å². The molecule has 0 aliphatic heterocycles. The Balaban J connectivity index is 3.55. The van der Waals surface area contributed by atoms with Crippen LogP contribution in [0.3, 0.4) is 0 Å². The molecule has 0 rings (SSSR count).